The van der Waals surface area contributed by atoms with Crippen LogP contribution < -0.4 is 0 Å². The molecule has 1 spiro atoms. The van der Waals surface area contributed by atoms with Crippen LogP contribution in [-0.4, -0.2) is 70.8 Å². The summed E-state index contributed by atoms with van der Waals surface area (Å²) in [5, 5.41) is 9.32. The van der Waals surface area contributed by atoms with Crippen LogP contribution in [0.25, 0.3) is 0 Å². The fourth-order valence-corrected chi connectivity index (χ4v) is 5.04. The lowest BCUT2D eigenvalue weighted by molar-refractivity contribution is -0.137. The van der Waals surface area contributed by atoms with Gasteiger partial charge >= 0.3 is 6.18 Å². The Morgan fingerprint density at radius 2 is 1.97 bits per heavy atom. The number of aromatic nitrogens is 1. The van der Waals surface area contributed by atoms with Gasteiger partial charge in [0, 0.05) is 38.2 Å². The highest BCUT2D eigenvalue weighted by Gasteiger charge is 2.42. The maximum atomic E-state index is 12.8. The van der Waals surface area contributed by atoms with Gasteiger partial charge < -0.3 is 14.7 Å². The number of morpholine rings is 1. The number of carbonyl (C=O) groups is 1. The molecule has 1 N–H and O–H groups in total. The van der Waals surface area contributed by atoms with E-state index in [4.69, 9.17) is 9.84 Å². The van der Waals surface area contributed by atoms with Crippen LogP contribution in [0.2, 0.25) is 0 Å². The first-order valence-electron chi connectivity index (χ1n) is 10.6. The molecule has 0 radical (unpaired) electrons. The van der Waals surface area contributed by atoms with Crippen LogP contribution in [0.4, 0.5) is 13.2 Å². The van der Waals surface area contributed by atoms with Crippen molar-refractivity contribution in [1.82, 2.24) is 14.8 Å². The summed E-state index contributed by atoms with van der Waals surface area (Å²) in [7, 11) is 0. The molecule has 0 unspecified atom stereocenters. The topological polar surface area (TPSA) is 65.9 Å². The van der Waals surface area contributed by atoms with E-state index in [1.165, 1.54) is 10.9 Å². The number of aliphatic hydroxyl groups is 1. The van der Waals surface area contributed by atoms with E-state index in [1.807, 2.05) is 12.1 Å². The minimum atomic E-state index is -4.54. The molecule has 174 valence electrons. The molecule has 0 saturated carbocycles. The third-order valence-corrected chi connectivity index (χ3v) is 6.95. The summed E-state index contributed by atoms with van der Waals surface area (Å²) in [6, 6.07) is 8.20. The van der Waals surface area contributed by atoms with Gasteiger partial charge in [0.1, 0.15) is 5.69 Å². The van der Waals surface area contributed by atoms with Gasteiger partial charge in [-0.2, -0.15) is 13.2 Å². The molecule has 6 nitrogen and oxygen atoms in total. The molecule has 0 atom stereocenters. The number of hydrogen-bond acceptors (Lipinski definition) is 6. The molecular weight excluding hydrogens is 443 g/mol. The van der Waals surface area contributed by atoms with E-state index in [1.54, 1.807) is 4.90 Å². The van der Waals surface area contributed by atoms with Crippen molar-refractivity contribution in [3.63, 3.8) is 0 Å². The minimum Gasteiger partial charge on any atom is -0.396 e. The number of hydrogen-bond donors (Lipinski definition) is 1. The van der Waals surface area contributed by atoms with Gasteiger partial charge in [-0.15, -0.1) is 11.3 Å². The van der Waals surface area contributed by atoms with Gasteiger partial charge in [0.25, 0.3) is 5.91 Å². The first-order chi connectivity index (χ1) is 15.3. The second kappa shape index (κ2) is 9.46. The lowest BCUT2D eigenvalue weighted by atomic mass is 9.89. The van der Waals surface area contributed by atoms with E-state index in [0.717, 1.165) is 38.0 Å². The monoisotopic (exact) mass is 469 g/mol. The molecule has 4 rings (SSSR count). The summed E-state index contributed by atoms with van der Waals surface area (Å²) in [5.41, 5.74) is 1.68. The molecule has 1 amide bonds. The summed E-state index contributed by atoms with van der Waals surface area (Å²) in [6.45, 7) is 3.62. The molecule has 2 fully saturated rings. The number of alkyl halides is 3. The Balaban J connectivity index is 1.35. The first kappa shape index (κ1) is 23.2. The Bertz CT molecular complexity index is 942. The SMILES string of the molecule is O=C(c1csc(C(F)(F)F)n1)N1CCOC2(CCN(Cc3cccc(CCO)c3)CC2)C1. The largest absolute Gasteiger partial charge is 0.443 e. The van der Waals surface area contributed by atoms with E-state index in [2.05, 4.69) is 22.0 Å². The van der Waals surface area contributed by atoms with E-state index in [-0.39, 0.29) is 12.3 Å². The van der Waals surface area contributed by atoms with E-state index >= 15 is 0 Å². The number of benzene rings is 1. The van der Waals surface area contributed by atoms with Gasteiger partial charge in [0.15, 0.2) is 5.01 Å². The Kier molecular flexibility index (Phi) is 6.85. The Morgan fingerprint density at radius 3 is 2.66 bits per heavy atom. The molecule has 3 heterocycles. The molecular formula is C22H26F3N3O3S. The zero-order chi connectivity index (χ0) is 22.8. The molecule has 2 aliphatic heterocycles. The van der Waals surface area contributed by atoms with Crippen LogP contribution in [0.1, 0.15) is 39.5 Å². The number of nitrogens with zero attached hydrogens (tertiary/aromatic N) is 3. The Labute approximate surface area is 188 Å². The standard InChI is InChI=1S/C22H26F3N3O3S/c23-22(24,25)20-26-18(14-32-20)19(30)28-9-11-31-21(15-28)5-7-27(8-6-21)13-17-3-1-2-16(12-17)4-10-29/h1-3,12,14,29H,4-11,13,15H2. The van der Waals surface area contributed by atoms with Crippen LogP contribution in [0.5, 0.6) is 0 Å². The number of aliphatic hydroxyl groups excluding tert-OH is 1. The number of thiazole rings is 1. The van der Waals surface area contributed by atoms with Crippen molar-refractivity contribution in [3.8, 4) is 0 Å². The van der Waals surface area contributed by atoms with Gasteiger partial charge in [-0.3, -0.25) is 9.69 Å². The fourth-order valence-electron chi connectivity index (χ4n) is 4.37. The molecule has 2 aliphatic rings. The van der Waals surface area contributed by atoms with Crippen molar-refractivity contribution >= 4 is 17.2 Å². The van der Waals surface area contributed by atoms with Crippen molar-refractivity contribution in [3.05, 3.63) is 51.5 Å². The summed E-state index contributed by atoms with van der Waals surface area (Å²) >= 11 is 0.446. The maximum absolute atomic E-state index is 12.8. The molecule has 32 heavy (non-hydrogen) atoms. The van der Waals surface area contributed by atoms with Gasteiger partial charge in [-0.05, 0) is 30.4 Å². The third-order valence-electron chi connectivity index (χ3n) is 6.07. The zero-order valence-corrected chi connectivity index (χ0v) is 18.4. The van der Waals surface area contributed by atoms with Crippen molar-refractivity contribution < 1.29 is 27.8 Å². The van der Waals surface area contributed by atoms with Gasteiger partial charge in [-0.1, -0.05) is 24.3 Å². The highest BCUT2D eigenvalue weighted by Crippen LogP contribution is 2.34. The smallest absolute Gasteiger partial charge is 0.396 e. The van der Waals surface area contributed by atoms with Crippen molar-refractivity contribution in [2.24, 2.45) is 0 Å². The average molecular weight is 470 g/mol. The van der Waals surface area contributed by atoms with Crippen LogP contribution in [0, 0.1) is 0 Å². The molecule has 0 aliphatic carbocycles. The molecule has 1 aromatic carbocycles. The summed E-state index contributed by atoms with van der Waals surface area (Å²) in [6.07, 6.45) is -2.41. The van der Waals surface area contributed by atoms with E-state index < -0.39 is 22.7 Å². The summed E-state index contributed by atoms with van der Waals surface area (Å²) < 4.78 is 44.6. The average Bonchev–Trinajstić information content (AvgIpc) is 3.27. The van der Waals surface area contributed by atoms with Crippen molar-refractivity contribution in [2.75, 3.05) is 39.4 Å². The number of likely N-dealkylation sites (tertiary alicyclic amines) is 1. The van der Waals surface area contributed by atoms with Crippen LogP contribution in [0.3, 0.4) is 0 Å². The second-order valence-electron chi connectivity index (χ2n) is 8.36. The molecule has 10 heteroatoms. The van der Waals surface area contributed by atoms with Crippen LogP contribution >= 0.6 is 11.3 Å². The zero-order valence-electron chi connectivity index (χ0n) is 17.6. The fraction of sp³-hybridized carbons (Fsp3) is 0.545. The maximum Gasteiger partial charge on any atom is 0.443 e. The quantitative estimate of drug-likeness (QED) is 0.729. The number of piperidine rings is 1. The third kappa shape index (κ3) is 5.31. The molecule has 0 bridgehead atoms. The van der Waals surface area contributed by atoms with Gasteiger partial charge in [-0.25, -0.2) is 4.98 Å². The van der Waals surface area contributed by atoms with E-state index in [0.29, 0.717) is 37.5 Å². The Morgan fingerprint density at radius 1 is 1.22 bits per heavy atom. The number of rotatable bonds is 5. The first-order valence-corrected chi connectivity index (χ1v) is 11.5. The predicted molar refractivity (Wildman–Crippen MR) is 113 cm³/mol. The number of carbonyl (C=O) groups excluding carboxylic acids is 1. The number of halogens is 3. The molecule has 2 saturated heterocycles. The van der Waals surface area contributed by atoms with E-state index in [9.17, 15) is 18.0 Å². The van der Waals surface area contributed by atoms with Crippen LogP contribution in [0.15, 0.2) is 29.6 Å². The normalized spacial score (nSPS) is 19.4. The summed E-state index contributed by atoms with van der Waals surface area (Å²) in [5.74, 6) is -0.470. The second-order valence-corrected chi connectivity index (χ2v) is 9.22. The number of amides is 1. The van der Waals surface area contributed by atoms with Crippen molar-refractivity contribution in [1.29, 1.82) is 0 Å². The lowest BCUT2D eigenvalue weighted by Crippen LogP contribution is -2.58. The summed E-state index contributed by atoms with van der Waals surface area (Å²) in [4.78, 5) is 20.2. The number of ether oxygens (including phenoxy) is 1. The highest BCUT2D eigenvalue weighted by molar-refractivity contribution is 7.09. The van der Waals surface area contributed by atoms with Crippen LogP contribution in [-0.2, 0) is 23.9 Å². The highest BCUT2D eigenvalue weighted by atomic mass is 32.1. The van der Waals surface area contributed by atoms with Gasteiger partial charge in [0.05, 0.1) is 18.8 Å². The molecule has 1 aromatic heterocycles. The Hall–Kier alpha value is -2.01. The minimum absolute atomic E-state index is 0.126. The lowest BCUT2D eigenvalue weighted by Gasteiger charge is -2.47. The molecule has 2 aromatic rings. The predicted octanol–water partition coefficient (Wildman–Crippen LogP) is 3.20. The van der Waals surface area contributed by atoms with Crippen molar-refractivity contribution in [2.45, 2.75) is 37.6 Å². The van der Waals surface area contributed by atoms with Gasteiger partial charge in [0.2, 0.25) is 0 Å².